The number of fused-ring (bicyclic) bond motifs is 1. The summed E-state index contributed by atoms with van der Waals surface area (Å²) in [6.45, 7) is 4.03. The highest BCUT2D eigenvalue weighted by molar-refractivity contribution is 5.93. The van der Waals surface area contributed by atoms with Crippen LogP contribution in [0.4, 0.5) is 5.82 Å². The van der Waals surface area contributed by atoms with Gasteiger partial charge in [-0.05, 0) is 49.7 Å². The molecule has 0 aliphatic heterocycles. The molecule has 0 spiro atoms. The summed E-state index contributed by atoms with van der Waals surface area (Å²) in [5, 5.41) is 0.835. The van der Waals surface area contributed by atoms with E-state index in [1.165, 1.54) is 6.33 Å². The number of rotatable bonds is 4. The summed E-state index contributed by atoms with van der Waals surface area (Å²) in [7, 11) is 0. The van der Waals surface area contributed by atoms with Gasteiger partial charge in [0.05, 0.1) is 17.3 Å². The Morgan fingerprint density at radius 1 is 0.889 bits per heavy atom. The van der Waals surface area contributed by atoms with Crippen molar-refractivity contribution in [1.29, 1.82) is 0 Å². The zero-order valence-electron chi connectivity index (χ0n) is 15.3. The van der Waals surface area contributed by atoms with Crippen molar-refractivity contribution in [2.24, 2.45) is 0 Å². The largest absolute Gasteiger partial charge is 0.491 e. The molecule has 0 saturated heterocycles. The van der Waals surface area contributed by atoms with Gasteiger partial charge in [-0.3, -0.25) is 4.98 Å². The first kappa shape index (κ1) is 17.0. The van der Waals surface area contributed by atoms with Crippen LogP contribution in [0.1, 0.15) is 13.8 Å². The summed E-state index contributed by atoms with van der Waals surface area (Å²) < 4.78 is 5.83. The molecule has 5 heteroatoms. The molecule has 2 aromatic heterocycles. The topological polar surface area (TPSA) is 73.9 Å². The number of anilines is 1. The molecule has 0 amide bonds. The Balaban J connectivity index is 1.84. The van der Waals surface area contributed by atoms with Gasteiger partial charge in [-0.2, -0.15) is 0 Å². The minimum atomic E-state index is 0.118. The van der Waals surface area contributed by atoms with Crippen molar-refractivity contribution in [1.82, 2.24) is 15.0 Å². The Kier molecular flexibility index (Phi) is 4.42. The highest BCUT2D eigenvalue weighted by atomic mass is 16.5. The number of aromatic nitrogens is 3. The van der Waals surface area contributed by atoms with Crippen molar-refractivity contribution in [2.45, 2.75) is 20.0 Å². The second-order valence-corrected chi connectivity index (χ2v) is 6.58. The molecule has 4 aromatic rings. The van der Waals surface area contributed by atoms with Crippen LogP contribution >= 0.6 is 0 Å². The van der Waals surface area contributed by atoms with Crippen LogP contribution in [0.3, 0.4) is 0 Å². The van der Waals surface area contributed by atoms with E-state index in [2.05, 4.69) is 21.0 Å². The third kappa shape index (κ3) is 3.44. The number of pyridine rings is 1. The molecule has 2 heterocycles. The van der Waals surface area contributed by atoms with Crippen LogP contribution in [0.5, 0.6) is 5.75 Å². The molecule has 0 bridgehead atoms. The molecular weight excluding hydrogens is 336 g/mol. The molecule has 27 heavy (non-hydrogen) atoms. The van der Waals surface area contributed by atoms with E-state index < -0.39 is 0 Å². The molecule has 2 N–H and O–H groups in total. The minimum absolute atomic E-state index is 0.118. The summed E-state index contributed by atoms with van der Waals surface area (Å²) in [6, 6.07) is 18.0. The van der Waals surface area contributed by atoms with E-state index in [4.69, 9.17) is 10.5 Å². The Morgan fingerprint density at radius 2 is 1.78 bits per heavy atom. The number of nitrogen functional groups attached to an aromatic ring is 1. The van der Waals surface area contributed by atoms with E-state index in [0.29, 0.717) is 5.82 Å². The number of hydrogen-bond acceptors (Lipinski definition) is 5. The van der Waals surface area contributed by atoms with E-state index in [9.17, 15) is 0 Å². The highest BCUT2D eigenvalue weighted by Crippen LogP contribution is 2.33. The molecular formula is C22H20N4O. The molecule has 5 nitrogen and oxygen atoms in total. The van der Waals surface area contributed by atoms with Crippen LogP contribution in [0, 0.1) is 0 Å². The zero-order valence-corrected chi connectivity index (χ0v) is 15.3. The van der Waals surface area contributed by atoms with Crippen LogP contribution in [-0.4, -0.2) is 21.1 Å². The molecule has 0 radical (unpaired) electrons. The van der Waals surface area contributed by atoms with E-state index >= 15 is 0 Å². The monoisotopic (exact) mass is 356 g/mol. The van der Waals surface area contributed by atoms with Gasteiger partial charge in [-0.1, -0.05) is 24.3 Å². The normalized spacial score (nSPS) is 11.1. The summed E-state index contributed by atoms with van der Waals surface area (Å²) in [4.78, 5) is 13.0. The maximum Gasteiger partial charge on any atom is 0.134 e. The Hall–Kier alpha value is -3.47. The van der Waals surface area contributed by atoms with E-state index in [-0.39, 0.29) is 6.10 Å². The number of nitrogens with zero attached hydrogens (tertiary/aromatic N) is 3. The summed E-state index contributed by atoms with van der Waals surface area (Å²) in [5.74, 6) is 1.30. The van der Waals surface area contributed by atoms with Gasteiger partial charge < -0.3 is 10.5 Å². The number of nitrogens with two attached hydrogens (primary N) is 1. The number of hydrogen-bond donors (Lipinski definition) is 1. The summed E-state index contributed by atoms with van der Waals surface area (Å²) >= 11 is 0. The van der Waals surface area contributed by atoms with Gasteiger partial charge in [0.2, 0.25) is 0 Å². The molecule has 4 rings (SSSR count). The van der Waals surface area contributed by atoms with Crippen LogP contribution in [0.25, 0.3) is 33.3 Å². The van der Waals surface area contributed by atoms with Crippen molar-refractivity contribution in [3.63, 3.8) is 0 Å². The van der Waals surface area contributed by atoms with Crippen LogP contribution in [-0.2, 0) is 0 Å². The fourth-order valence-corrected chi connectivity index (χ4v) is 3.10. The smallest absolute Gasteiger partial charge is 0.134 e. The molecule has 0 aliphatic rings. The molecule has 0 aliphatic carbocycles. The fraction of sp³-hybridized carbons (Fsp3) is 0.136. The predicted molar refractivity (Wildman–Crippen MR) is 108 cm³/mol. The molecule has 0 saturated carbocycles. The zero-order chi connectivity index (χ0) is 18.8. The second-order valence-electron chi connectivity index (χ2n) is 6.58. The van der Waals surface area contributed by atoms with Crippen LogP contribution in [0.15, 0.2) is 67.1 Å². The predicted octanol–water partition coefficient (Wildman–Crippen LogP) is 4.73. The van der Waals surface area contributed by atoms with Crippen LogP contribution in [0.2, 0.25) is 0 Å². The molecule has 0 unspecified atom stereocenters. The van der Waals surface area contributed by atoms with E-state index in [1.54, 1.807) is 6.20 Å². The van der Waals surface area contributed by atoms with Gasteiger partial charge >= 0.3 is 0 Å². The first-order chi connectivity index (χ1) is 13.1. The summed E-state index contributed by atoms with van der Waals surface area (Å²) in [6.07, 6.45) is 3.40. The van der Waals surface area contributed by atoms with E-state index in [0.717, 1.165) is 39.0 Å². The van der Waals surface area contributed by atoms with Crippen molar-refractivity contribution >= 4 is 16.7 Å². The highest BCUT2D eigenvalue weighted by Gasteiger charge is 2.11. The fourth-order valence-electron chi connectivity index (χ4n) is 3.10. The Labute approximate surface area is 157 Å². The summed E-state index contributed by atoms with van der Waals surface area (Å²) in [5.41, 5.74) is 10.8. The maximum absolute atomic E-state index is 6.04. The SMILES string of the molecule is CC(C)Oc1cccc(-c2ncccc2-c2ccc3ncnc(N)c3c2)c1. The number of ether oxygens (including phenoxy) is 1. The van der Waals surface area contributed by atoms with Gasteiger partial charge in [-0.25, -0.2) is 9.97 Å². The second kappa shape index (κ2) is 7.03. The quantitative estimate of drug-likeness (QED) is 0.572. The lowest BCUT2D eigenvalue weighted by Crippen LogP contribution is -2.05. The average Bonchev–Trinajstić information content (AvgIpc) is 2.68. The third-order valence-corrected chi connectivity index (χ3v) is 4.26. The minimum Gasteiger partial charge on any atom is -0.491 e. The van der Waals surface area contributed by atoms with Crippen molar-refractivity contribution in [3.05, 3.63) is 67.1 Å². The van der Waals surface area contributed by atoms with Crippen molar-refractivity contribution < 1.29 is 4.74 Å². The average molecular weight is 356 g/mol. The first-order valence-corrected chi connectivity index (χ1v) is 8.84. The molecule has 134 valence electrons. The van der Waals surface area contributed by atoms with Gasteiger partial charge in [0, 0.05) is 22.7 Å². The van der Waals surface area contributed by atoms with Gasteiger partial charge in [0.1, 0.15) is 17.9 Å². The maximum atomic E-state index is 6.04. The standard InChI is InChI=1S/C22H20N4O/c1-14(2)27-17-6-3-5-16(11-17)21-18(7-4-10-24-21)15-8-9-20-19(12-15)22(23)26-13-25-20/h3-14H,1-2H3,(H2,23,25,26). The third-order valence-electron chi connectivity index (χ3n) is 4.26. The lowest BCUT2D eigenvalue weighted by atomic mass is 9.98. The molecule has 0 fully saturated rings. The Morgan fingerprint density at radius 3 is 2.63 bits per heavy atom. The Bertz CT molecular complexity index is 1110. The number of benzene rings is 2. The van der Waals surface area contributed by atoms with Crippen molar-refractivity contribution in [2.75, 3.05) is 5.73 Å². The van der Waals surface area contributed by atoms with Gasteiger partial charge in [0.15, 0.2) is 0 Å². The van der Waals surface area contributed by atoms with Gasteiger partial charge in [0.25, 0.3) is 0 Å². The lowest BCUT2D eigenvalue weighted by Gasteiger charge is -2.13. The lowest BCUT2D eigenvalue weighted by molar-refractivity contribution is 0.242. The first-order valence-electron chi connectivity index (χ1n) is 8.84. The van der Waals surface area contributed by atoms with Gasteiger partial charge in [-0.15, -0.1) is 0 Å². The van der Waals surface area contributed by atoms with Crippen molar-refractivity contribution in [3.8, 4) is 28.1 Å². The van der Waals surface area contributed by atoms with E-state index in [1.807, 2.05) is 62.4 Å². The molecule has 2 aromatic carbocycles. The van der Waals surface area contributed by atoms with Crippen LogP contribution < -0.4 is 10.5 Å². The molecule has 0 atom stereocenters.